The van der Waals surface area contributed by atoms with E-state index in [1.807, 2.05) is 0 Å². The highest BCUT2D eigenvalue weighted by Crippen LogP contribution is 2.40. The highest BCUT2D eigenvalue weighted by Gasteiger charge is 2.35. The second-order valence-corrected chi connectivity index (χ2v) is 7.24. The largest absolute Gasteiger partial charge is 0.493 e. The Morgan fingerprint density at radius 1 is 1.10 bits per heavy atom. The Morgan fingerprint density at radius 3 is 2.23 bits per heavy atom. The van der Waals surface area contributed by atoms with Gasteiger partial charge in [0.25, 0.3) is 11.1 Å². The van der Waals surface area contributed by atoms with Crippen LogP contribution >= 0.6 is 11.8 Å². The molecule has 9 heteroatoms. The molecule has 3 rings (SSSR count). The smallest absolute Gasteiger partial charge is 0.308 e. The SMILES string of the molecule is COc1cc(/C=C2\SC(=O)N(Cc3ccc(F)cc3)C2=O)cc(OC)c1OC(C)=O. The van der Waals surface area contributed by atoms with Gasteiger partial charge in [0.15, 0.2) is 11.5 Å². The first kappa shape index (κ1) is 21.4. The second-order valence-electron chi connectivity index (χ2n) is 6.24. The van der Waals surface area contributed by atoms with Crippen molar-refractivity contribution in [3.8, 4) is 17.2 Å². The lowest BCUT2D eigenvalue weighted by molar-refractivity contribution is -0.132. The number of halogens is 1. The minimum atomic E-state index is -0.540. The van der Waals surface area contributed by atoms with Gasteiger partial charge in [0, 0.05) is 6.92 Å². The number of hydrogen-bond acceptors (Lipinski definition) is 7. The minimum Gasteiger partial charge on any atom is -0.493 e. The summed E-state index contributed by atoms with van der Waals surface area (Å²) in [7, 11) is 2.81. The van der Waals surface area contributed by atoms with E-state index in [2.05, 4.69) is 0 Å². The number of ether oxygens (including phenoxy) is 3. The fourth-order valence-electron chi connectivity index (χ4n) is 2.79. The quantitative estimate of drug-likeness (QED) is 0.388. The molecule has 0 bridgehead atoms. The highest BCUT2D eigenvalue weighted by atomic mass is 32.2. The molecule has 30 heavy (non-hydrogen) atoms. The molecule has 2 aromatic carbocycles. The van der Waals surface area contributed by atoms with Crippen LogP contribution in [-0.4, -0.2) is 36.2 Å². The highest BCUT2D eigenvalue weighted by molar-refractivity contribution is 8.18. The molecule has 0 spiro atoms. The Morgan fingerprint density at radius 2 is 1.70 bits per heavy atom. The van der Waals surface area contributed by atoms with Crippen LogP contribution in [0.3, 0.4) is 0 Å². The van der Waals surface area contributed by atoms with Crippen LogP contribution in [0.25, 0.3) is 6.08 Å². The molecule has 1 heterocycles. The zero-order valence-corrected chi connectivity index (χ0v) is 17.2. The van der Waals surface area contributed by atoms with E-state index in [0.717, 1.165) is 16.7 Å². The van der Waals surface area contributed by atoms with E-state index in [0.29, 0.717) is 11.1 Å². The van der Waals surface area contributed by atoms with Crippen molar-refractivity contribution in [1.29, 1.82) is 0 Å². The summed E-state index contributed by atoms with van der Waals surface area (Å²) in [6.07, 6.45) is 1.53. The summed E-state index contributed by atoms with van der Waals surface area (Å²) >= 11 is 0.798. The molecule has 2 amide bonds. The average molecular weight is 431 g/mol. The van der Waals surface area contributed by atoms with Gasteiger partial charge in [0.05, 0.1) is 25.7 Å². The molecule has 0 aliphatic carbocycles. The molecule has 7 nitrogen and oxygen atoms in total. The molecule has 0 atom stereocenters. The Bertz CT molecular complexity index is 1010. The molecule has 1 aliphatic heterocycles. The number of methoxy groups -OCH3 is 2. The van der Waals surface area contributed by atoms with Gasteiger partial charge in [0.1, 0.15) is 5.82 Å². The number of rotatable bonds is 6. The Hall–Kier alpha value is -3.33. The van der Waals surface area contributed by atoms with Crippen LogP contribution < -0.4 is 14.2 Å². The van der Waals surface area contributed by atoms with E-state index in [9.17, 15) is 18.8 Å². The van der Waals surface area contributed by atoms with Gasteiger partial charge in [-0.2, -0.15) is 0 Å². The molecular formula is C21H18FNO6S. The number of hydrogen-bond donors (Lipinski definition) is 0. The molecule has 0 saturated carbocycles. The maximum atomic E-state index is 13.1. The van der Waals surface area contributed by atoms with Crippen molar-refractivity contribution in [2.45, 2.75) is 13.5 Å². The normalized spacial score (nSPS) is 14.9. The van der Waals surface area contributed by atoms with Crippen LogP contribution in [0, 0.1) is 5.82 Å². The van der Waals surface area contributed by atoms with Crippen molar-refractivity contribution < 1.29 is 33.0 Å². The van der Waals surface area contributed by atoms with Gasteiger partial charge in [0.2, 0.25) is 5.75 Å². The number of nitrogens with zero attached hydrogens (tertiary/aromatic N) is 1. The number of benzene rings is 2. The van der Waals surface area contributed by atoms with Crippen LogP contribution in [0.15, 0.2) is 41.3 Å². The van der Waals surface area contributed by atoms with Gasteiger partial charge in [-0.05, 0) is 53.2 Å². The fraction of sp³-hybridized carbons (Fsp3) is 0.190. The Balaban J connectivity index is 1.89. The number of amides is 2. The summed E-state index contributed by atoms with van der Waals surface area (Å²) in [5, 5.41) is -0.425. The fourth-order valence-corrected chi connectivity index (χ4v) is 3.63. The van der Waals surface area contributed by atoms with E-state index in [1.54, 1.807) is 12.1 Å². The van der Waals surface area contributed by atoms with E-state index in [1.165, 1.54) is 51.5 Å². The van der Waals surface area contributed by atoms with Crippen molar-refractivity contribution in [3.63, 3.8) is 0 Å². The van der Waals surface area contributed by atoms with Crippen LogP contribution in [0.2, 0.25) is 0 Å². The lowest BCUT2D eigenvalue weighted by Crippen LogP contribution is -2.27. The third-order valence-electron chi connectivity index (χ3n) is 4.15. The lowest BCUT2D eigenvalue weighted by Gasteiger charge is -2.13. The van der Waals surface area contributed by atoms with Crippen molar-refractivity contribution in [2.75, 3.05) is 14.2 Å². The van der Waals surface area contributed by atoms with Gasteiger partial charge in [-0.25, -0.2) is 4.39 Å². The average Bonchev–Trinajstić information content (AvgIpc) is 2.97. The van der Waals surface area contributed by atoms with Crippen molar-refractivity contribution in [2.24, 2.45) is 0 Å². The van der Waals surface area contributed by atoms with Crippen LogP contribution in [0.5, 0.6) is 17.2 Å². The molecule has 1 aliphatic rings. The summed E-state index contributed by atoms with van der Waals surface area (Å²) in [5.74, 6) is -0.804. The first-order chi connectivity index (χ1) is 14.3. The number of carbonyl (C=O) groups is 3. The van der Waals surface area contributed by atoms with Crippen LogP contribution in [-0.2, 0) is 16.1 Å². The molecule has 1 fully saturated rings. The van der Waals surface area contributed by atoms with Gasteiger partial charge in [-0.3, -0.25) is 19.3 Å². The number of imide groups is 1. The Labute approximate surface area is 176 Å². The minimum absolute atomic E-state index is 0.0420. The lowest BCUT2D eigenvalue weighted by atomic mass is 10.1. The molecule has 2 aromatic rings. The third-order valence-corrected chi connectivity index (χ3v) is 5.06. The third kappa shape index (κ3) is 4.62. The van der Waals surface area contributed by atoms with E-state index >= 15 is 0 Å². The van der Waals surface area contributed by atoms with Crippen molar-refractivity contribution >= 4 is 35.0 Å². The zero-order valence-electron chi connectivity index (χ0n) is 16.4. The first-order valence-electron chi connectivity index (χ1n) is 8.76. The zero-order chi connectivity index (χ0) is 21.8. The summed E-state index contributed by atoms with van der Waals surface area (Å²) in [5.41, 5.74) is 1.15. The summed E-state index contributed by atoms with van der Waals surface area (Å²) in [4.78, 5) is 37.7. The maximum Gasteiger partial charge on any atom is 0.308 e. The van der Waals surface area contributed by atoms with E-state index < -0.39 is 22.9 Å². The molecule has 0 N–H and O–H groups in total. The van der Waals surface area contributed by atoms with E-state index in [4.69, 9.17) is 14.2 Å². The maximum absolute atomic E-state index is 13.1. The summed E-state index contributed by atoms with van der Waals surface area (Å²) < 4.78 is 28.7. The topological polar surface area (TPSA) is 82.1 Å². The molecular weight excluding hydrogens is 413 g/mol. The predicted octanol–water partition coefficient (Wildman–Crippen LogP) is 4.00. The summed E-state index contributed by atoms with van der Waals surface area (Å²) in [6, 6.07) is 8.71. The van der Waals surface area contributed by atoms with Gasteiger partial charge in [-0.15, -0.1) is 0 Å². The van der Waals surface area contributed by atoms with Gasteiger partial charge < -0.3 is 14.2 Å². The molecule has 0 aromatic heterocycles. The molecule has 1 saturated heterocycles. The predicted molar refractivity (Wildman–Crippen MR) is 109 cm³/mol. The van der Waals surface area contributed by atoms with Gasteiger partial charge in [-0.1, -0.05) is 12.1 Å². The van der Waals surface area contributed by atoms with Crippen LogP contribution in [0.4, 0.5) is 9.18 Å². The molecule has 0 unspecified atom stereocenters. The van der Waals surface area contributed by atoms with E-state index in [-0.39, 0.29) is 28.7 Å². The first-order valence-corrected chi connectivity index (χ1v) is 9.58. The second kappa shape index (κ2) is 9.00. The monoisotopic (exact) mass is 431 g/mol. The van der Waals surface area contributed by atoms with Gasteiger partial charge >= 0.3 is 5.97 Å². The number of thioether (sulfide) groups is 1. The molecule has 0 radical (unpaired) electrons. The van der Waals surface area contributed by atoms with Crippen molar-refractivity contribution in [1.82, 2.24) is 4.90 Å². The molecule has 156 valence electrons. The Kier molecular flexibility index (Phi) is 6.41. The number of esters is 1. The summed E-state index contributed by atoms with van der Waals surface area (Å²) in [6.45, 7) is 1.30. The van der Waals surface area contributed by atoms with Crippen LogP contribution in [0.1, 0.15) is 18.1 Å². The number of carbonyl (C=O) groups excluding carboxylic acids is 3. The standard InChI is InChI=1S/C21H18FNO6S/c1-12(24)29-19-16(27-2)8-14(9-17(19)28-3)10-18-20(25)23(21(26)30-18)11-13-4-6-15(22)7-5-13/h4-10H,11H2,1-3H3/b18-10-. The van der Waals surface area contributed by atoms with Crippen molar-refractivity contribution in [3.05, 3.63) is 58.2 Å².